The summed E-state index contributed by atoms with van der Waals surface area (Å²) in [5.41, 5.74) is 3.62. The molecular formula is C24H22N2O5. The van der Waals surface area contributed by atoms with Crippen LogP contribution in [0.5, 0.6) is 0 Å². The van der Waals surface area contributed by atoms with E-state index in [4.69, 9.17) is 9.15 Å². The van der Waals surface area contributed by atoms with Crippen molar-refractivity contribution in [3.63, 3.8) is 0 Å². The molecule has 1 aromatic heterocycles. The smallest absolute Gasteiger partial charge is 0.329 e. The molecular weight excluding hydrogens is 396 g/mol. The first-order valence-corrected chi connectivity index (χ1v) is 9.95. The van der Waals surface area contributed by atoms with Gasteiger partial charge in [0.1, 0.15) is 6.04 Å². The molecule has 158 valence electrons. The van der Waals surface area contributed by atoms with Crippen LogP contribution in [0.25, 0.3) is 0 Å². The number of furan rings is 1. The van der Waals surface area contributed by atoms with Crippen molar-refractivity contribution in [1.29, 1.82) is 0 Å². The van der Waals surface area contributed by atoms with Crippen LogP contribution in [0.4, 0.5) is 5.69 Å². The van der Waals surface area contributed by atoms with E-state index in [0.717, 1.165) is 16.7 Å². The molecule has 0 bridgehead atoms. The molecule has 1 N–H and O–H groups in total. The molecule has 7 heteroatoms. The highest BCUT2D eigenvalue weighted by Gasteiger charge is 2.37. The summed E-state index contributed by atoms with van der Waals surface area (Å²) in [4.78, 5) is 39.4. The largest absolute Gasteiger partial charge is 0.459 e. The molecule has 2 aromatic carbocycles. The Kier molecular flexibility index (Phi) is 5.84. The number of fused-ring (bicyclic) bond motifs is 1. The molecule has 0 radical (unpaired) electrons. The van der Waals surface area contributed by atoms with Crippen molar-refractivity contribution < 1.29 is 23.5 Å². The number of carbonyl (C=O) groups is 3. The van der Waals surface area contributed by atoms with E-state index in [1.165, 1.54) is 11.2 Å². The van der Waals surface area contributed by atoms with Gasteiger partial charge < -0.3 is 19.4 Å². The van der Waals surface area contributed by atoms with Crippen molar-refractivity contribution in [2.24, 2.45) is 0 Å². The van der Waals surface area contributed by atoms with Crippen molar-refractivity contribution in [3.8, 4) is 0 Å². The van der Waals surface area contributed by atoms with Gasteiger partial charge in [0.25, 0.3) is 11.8 Å². The zero-order valence-corrected chi connectivity index (χ0v) is 17.0. The number of aryl methyl sites for hydroxylation is 1. The monoisotopic (exact) mass is 418 g/mol. The Balaban J connectivity index is 1.45. The maximum Gasteiger partial charge on any atom is 0.329 e. The maximum absolute atomic E-state index is 12.9. The minimum absolute atomic E-state index is 0.147. The van der Waals surface area contributed by atoms with Gasteiger partial charge in [0.2, 0.25) is 0 Å². The summed E-state index contributed by atoms with van der Waals surface area (Å²) in [6.07, 6.45) is 1.72. The zero-order valence-electron chi connectivity index (χ0n) is 17.0. The predicted molar refractivity (Wildman–Crippen MR) is 113 cm³/mol. The van der Waals surface area contributed by atoms with E-state index in [1.807, 2.05) is 43.3 Å². The minimum atomic E-state index is -0.848. The molecule has 1 unspecified atom stereocenters. The fourth-order valence-corrected chi connectivity index (χ4v) is 3.56. The molecule has 1 aliphatic rings. The Morgan fingerprint density at radius 2 is 1.77 bits per heavy atom. The second kappa shape index (κ2) is 8.87. The second-order valence-electron chi connectivity index (χ2n) is 7.42. The third-order valence-corrected chi connectivity index (χ3v) is 5.19. The summed E-state index contributed by atoms with van der Waals surface area (Å²) in [5.74, 6) is -1.33. The van der Waals surface area contributed by atoms with Gasteiger partial charge in [-0.25, -0.2) is 4.79 Å². The van der Waals surface area contributed by atoms with Gasteiger partial charge >= 0.3 is 5.97 Å². The number of carbonyl (C=O) groups excluding carboxylic acids is 3. The van der Waals surface area contributed by atoms with Crippen LogP contribution in [-0.2, 0) is 27.3 Å². The summed E-state index contributed by atoms with van der Waals surface area (Å²) < 4.78 is 10.5. The van der Waals surface area contributed by atoms with Gasteiger partial charge in [0.05, 0.1) is 6.26 Å². The van der Waals surface area contributed by atoms with Gasteiger partial charge in [-0.1, -0.05) is 42.0 Å². The van der Waals surface area contributed by atoms with Gasteiger partial charge in [-0.15, -0.1) is 0 Å². The zero-order chi connectivity index (χ0) is 21.8. The quantitative estimate of drug-likeness (QED) is 0.642. The van der Waals surface area contributed by atoms with Gasteiger partial charge in [0.15, 0.2) is 12.4 Å². The summed E-state index contributed by atoms with van der Waals surface area (Å²) >= 11 is 0. The van der Waals surface area contributed by atoms with Gasteiger partial charge in [0, 0.05) is 18.7 Å². The van der Waals surface area contributed by atoms with Crippen molar-refractivity contribution >= 4 is 23.5 Å². The highest BCUT2D eigenvalue weighted by Crippen LogP contribution is 2.26. The average Bonchev–Trinajstić information content (AvgIpc) is 3.32. The minimum Gasteiger partial charge on any atom is -0.459 e. The lowest BCUT2D eigenvalue weighted by molar-refractivity contribution is -0.152. The van der Waals surface area contributed by atoms with E-state index in [2.05, 4.69) is 5.32 Å². The van der Waals surface area contributed by atoms with Crippen molar-refractivity contribution in [2.75, 3.05) is 11.9 Å². The molecule has 3 aromatic rings. The number of nitrogens with zero attached hydrogens (tertiary/aromatic N) is 1. The van der Waals surface area contributed by atoms with E-state index in [1.54, 1.807) is 24.3 Å². The average molecular weight is 418 g/mol. The van der Waals surface area contributed by atoms with Crippen LogP contribution in [0.3, 0.4) is 0 Å². The SMILES string of the molecule is Cc1ccc(NC(=O)COC(=O)C2Cc3ccccc3CN2C(=O)c2ccco2)cc1. The second-order valence-corrected chi connectivity index (χ2v) is 7.42. The first kappa shape index (κ1) is 20.4. The number of anilines is 1. The Hall–Kier alpha value is -3.87. The number of benzene rings is 2. The van der Waals surface area contributed by atoms with Crippen molar-refractivity contribution in [1.82, 2.24) is 4.90 Å². The highest BCUT2D eigenvalue weighted by molar-refractivity contribution is 5.96. The number of hydrogen-bond acceptors (Lipinski definition) is 5. The van der Waals surface area contributed by atoms with Crippen LogP contribution in [0.15, 0.2) is 71.3 Å². The molecule has 0 spiro atoms. The molecule has 0 fully saturated rings. The van der Waals surface area contributed by atoms with Crippen LogP contribution < -0.4 is 5.32 Å². The number of ether oxygens (including phenoxy) is 1. The van der Waals surface area contributed by atoms with E-state index in [9.17, 15) is 14.4 Å². The Morgan fingerprint density at radius 1 is 1.03 bits per heavy atom. The van der Waals surface area contributed by atoms with Gasteiger partial charge in [-0.2, -0.15) is 0 Å². The number of esters is 1. The van der Waals surface area contributed by atoms with Gasteiger partial charge in [-0.3, -0.25) is 9.59 Å². The number of rotatable bonds is 5. The van der Waals surface area contributed by atoms with Crippen LogP contribution >= 0.6 is 0 Å². The lowest BCUT2D eigenvalue weighted by atomic mass is 9.93. The van der Waals surface area contributed by atoms with E-state index < -0.39 is 30.4 Å². The molecule has 0 saturated carbocycles. The normalized spacial score (nSPS) is 15.1. The van der Waals surface area contributed by atoms with E-state index >= 15 is 0 Å². The summed E-state index contributed by atoms with van der Waals surface area (Å²) in [5, 5.41) is 2.69. The molecule has 0 saturated heterocycles. The first-order valence-electron chi connectivity index (χ1n) is 9.95. The van der Waals surface area contributed by atoms with E-state index in [-0.39, 0.29) is 12.3 Å². The topological polar surface area (TPSA) is 88.9 Å². The number of nitrogens with one attached hydrogen (secondary N) is 1. The fourth-order valence-electron chi connectivity index (χ4n) is 3.56. The molecule has 2 amide bonds. The maximum atomic E-state index is 12.9. The lowest BCUT2D eigenvalue weighted by Gasteiger charge is -2.34. The Morgan fingerprint density at radius 3 is 2.48 bits per heavy atom. The van der Waals surface area contributed by atoms with Crippen molar-refractivity contribution in [3.05, 3.63) is 89.4 Å². The predicted octanol–water partition coefficient (Wildman–Crippen LogP) is 3.34. The Bertz CT molecular complexity index is 1090. The summed E-state index contributed by atoms with van der Waals surface area (Å²) in [7, 11) is 0. The van der Waals surface area contributed by atoms with Crippen LogP contribution in [0, 0.1) is 6.92 Å². The molecule has 1 aliphatic heterocycles. The third kappa shape index (κ3) is 4.66. The lowest BCUT2D eigenvalue weighted by Crippen LogP contribution is -2.49. The molecule has 7 nitrogen and oxygen atoms in total. The van der Waals surface area contributed by atoms with E-state index in [0.29, 0.717) is 12.1 Å². The molecule has 0 aliphatic carbocycles. The Labute approximate surface area is 179 Å². The highest BCUT2D eigenvalue weighted by atomic mass is 16.5. The standard InChI is InChI=1S/C24H22N2O5/c1-16-8-10-19(11-9-16)25-22(27)15-31-24(29)20-13-17-5-2-3-6-18(17)14-26(20)23(28)21-7-4-12-30-21/h2-12,20H,13-15H2,1H3,(H,25,27). The molecule has 31 heavy (non-hydrogen) atoms. The summed E-state index contributed by atoms with van der Waals surface area (Å²) in [6, 6.07) is 17.3. The van der Waals surface area contributed by atoms with Crippen LogP contribution in [0.1, 0.15) is 27.2 Å². The van der Waals surface area contributed by atoms with Crippen LogP contribution in [0.2, 0.25) is 0 Å². The van der Waals surface area contributed by atoms with Gasteiger partial charge in [-0.05, 0) is 42.3 Å². The third-order valence-electron chi connectivity index (χ3n) is 5.19. The molecule has 4 rings (SSSR count). The van der Waals surface area contributed by atoms with Crippen LogP contribution in [-0.4, -0.2) is 35.3 Å². The number of hydrogen-bond donors (Lipinski definition) is 1. The number of amides is 2. The molecule has 2 heterocycles. The fraction of sp³-hybridized carbons (Fsp3) is 0.208. The molecule has 1 atom stereocenters. The summed E-state index contributed by atoms with van der Waals surface area (Å²) in [6.45, 7) is 1.77. The van der Waals surface area contributed by atoms with Crippen molar-refractivity contribution in [2.45, 2.75) is 25.9 Å². The first-order chi connectivity index (χ1) is 15.0.